The highest BCUT2D eigenvalue weighted by molar-refractivity contribution is 5.96. The van der Waals surface area contributed by atoms with Gasteiger partial charge >= 0.3 is 12.1 Å². The maximum absolute atomic E-state index is 14.1. The number of ether oxygens (including phenoxy) is 2. The largest absolute Gasteiger partial charge is 0.445 e. The zero-order chi connectivity index (χ0) is 20.4. The molecule has 1 heterocycles. The molecule has 0 N–H and O–H groups in total. The van der Waals surface area contributed by atoms with E-state index in [-0.39, 0.29) is 17.9 Å². The highest BCUT2D eigenvalue weighted by atomic mass is 19.1. The van der Waals surface area contributed by atoms with Crippen LogP contribution in [0, 0.1) is 5.82 Å². The minimum atomic E-state index is -1.65. The van der Waals surface area contributed by atoms with Crippen molar-refractivity contribution >= 4 is 12.1 Å². The number of esters is 1. The van der Waals surface area contributed by atoms with Gasteiger partial charge in [-0.2, -0.15) is 0 Å². The topological polar surface area (TPSA) is 55.8 Å². The molecule has 6 heteroatoms. The maximum atomic E-state index is 14.1. The van der Waals surface area contributed by atoms with Crippen LogP contribution in [0.5, 0.6) is 5.75 Å². The molecule has 0 aliphatic carbocycles. The second kappa shape index (κ2) is 7.39. The average Bonchev–Trinajstić information content (AvgIpc) is 3.04. The lowest BCUT2D eigenvalue weighted by Gasteiger charge is -2.35. The van der Waals surface area contributed by atoms with Gasteiger partial charge in [-0.1, -0.05) is 60.7 Å². The van der Waals surface area contributed by atoms with Gasteiger partial charge in [0.15, 0.2) is 5.54 Å². The Morgan fingerprint density at radius 2 is 1.69 bits per heavy atom. The zero-order valence-corrected chi connectivity index (χ0v) is 15.7. The summed E-state index contributed by atoms with van der Waals surface area (Å²) in [5.74, 6) is -1.01. The second-order valence-corrected chi connectivity index (χ2v) is 6.71. The second-order valence-electron chi connectivity index (χ2n) is 6.71. The van der Waals surface area contributed by atoms with E-state index in [1.165, 1.54) is 30.1 Å². The molecule has 1 atom stereocenters. The number of benzene rings is 3. The summed E-state index contributed by atoms with van der Waals surface area (Å²) in [5, 5.41) is 0. The number of hydrogen-bond donors (Lipinski definition) is 0. The summed E-state index contributed by atoms with van der Waals surface area (Å²) in [4.78, 5) is 27.2. The van der Waals surface area contributed by atoms with Crippen LogP contribution < -0.4 is 4.74 Å². The van der Waals surface area contributed by atoms with Gasteiger partial charge in [-0.15, -0.1) is 0 Å². The van der Waals surface area contributed by atoms with E-state index >= 15 is 0 Å². The summed E-state index contributed by atoms with van der Waals surface area (Å²) in [6.07, 6.45) is -0.730. The van der Waals surface area contributed by atoms with Gasteiger partial charge in [-0.3, -0.25) is 4.90 Å². The van der Waals surface area contributed by atoms with E-state index in [0.717, 1.165) is 5.56 Å². The molecule has 146 valence electrons. The van der Waals surface area contributed by atoms with Crippen LogP contribution >= 0.6 is 0 Å². The number of rotatable bonds is 4. The van der Waals surface area contributed by atoms with Crippen LogP contribution in [-0.4, -0.2) is 24.0 Å². The number of likely N-dealkylation sites (N-methyl/N-ethyl adjacent to an activating group) is 1. The summed E-state index contributed by atoms with van der Waals surface area (Å²) in [5.41, 5.74) is -0.100. The first kappa shape index (κ1) is 18.7. The monoisotopic (exact) mass is 391 g/mol. The zero-order valence-electron chi connectivity index (χ0n) is 15.7. The highest BCUT2D eigenvalue weighted by Gasteiger charge is 2.56. The van der Waals surface area contributed by atoms with Gasteiger partial charge < -0.3 is 9.47 Å². The molecule has 0 bridgehead atoms. The van der Waals surface area contributed by atoms with Crippen molar-refractivity contribution in [3.8, 4) is 5.75 Å². The first-order valence-corrected chi connectivity index (χ1v) is 9.06. The third-order valence-electron chi connectivity index (χ3n) is 5.00. The predicted molar refractivity (Wildman–Crippen MR) is 104 cm³/mol. The van der Waals surface area contributed by atoms with Crippen molar-refractivity contribution in [2.24, 2.45) is 0 Å². The third kappa shape index (κ3) is 3.12. The molecule has 0 saturated carbocycles. The molecule has 0 spiro atoms. The van der Waals surface area contributed by atoms with Crippen molar-refractivity contribution in [2.75, 3.05) is 7.05 Å². The van der Waals surface area contributed by atoms with Crippen molar-refractivity contribution in [3.63, 3.8) is 0 Å². The SMILES string of the molecule is CN(C(=O)OCc1ccccc1)[C@@]1(c2ccccc2)C(=O)Oc2ccc(F)cc21. The fraction of sp³-hybridized carbons (Fsp3) is 0.130. The van der Waals surface area contributed by atoms with Gasteiger partial charge in [0.05, 0.1) is 0 Å². The number of nitrogens with zero attached hydrogens (tertiary/aromatic N) is 1. The lowest BCUT2D eigenvalue weighted by Crippen LogP contribution is -2.52. The molecule has 3 aromatic carbocycles. The van der Waals surface area contributed by atoms with Gasteiger partial charge in [0.1, 0.15) is 18.2 Å². The number of halogens is 1. The molecular weight excluding hydrogens is 373 g/mol. The van der Waals surface area contributed by atoms with Gasteiger partial charge in [0, 0.05) is 12.6 Å². The Bertz CT molecular complexity index is 1050. The molecule has 29 heavy (non-hydrogen) atoms. The van der Waals surface area contributed by atoms with Crippen LogP contribution in [0.15, 0.2) is 78.9 Å². The average molecular weight is 391 g/mol. The molecule has 0 aromatic heterocycles. The Hall–Kier alpha value is -3.67. The van der Waals surface area contributed by atoms with Crippen LogP contribution in [-0.2, 0) is 21.7 Å². The number of carbonyl (C=O) groups is 2. The van der Waals surface area contributed by atoms with Crippen LogP contribution in [0.2, 0.25) is 0 Å². The smallest absolute Gasteiger partial charge is 0.411 e. The summed E-state index contributed by atoms with van der Waals surface area (Å²) >= 11 is 0. The van der Waals surface area contributed by atoms with Crippen LogP contribution in [0.25, 0.3) is 0 Å². The van der Waals surface area contributed by atoms with Crippen molar-refractivity contribution in [2.45, 2.75) is 12.1 Å². The predicted octanol–water partition coefficient (Wildman–Crippen LogP) is 4.26. The molecule has 1 aliphatic heterocycles. The minimum Gasteiger partial charge on any atom is -0.445 e. The van der Waals surface area contributed by atoms with E-state index in [1.807, 2.05) is 30.3 Å². The Labute approximate surface area is 167 Å². The summed E-state index contributed by atoms with van der Waals surface area (Å²) in [6.45, 7) is 0.0416. The third-order valence-corrected chi connectivity index (χ3v) is 5.00. The fourth-order valence-electron chi connectivity index (χ4n) is 3.57. The Kier molecular flexibility index (Phi) is 4.76. The molecule has 0 saturated heterocycles. The van der Waals surface area contributed by atoms with Crippen molar-refractivity contribution in [1.29, 1.82) is 0 Å². The number of hydrogen-bond acceptors (Lipinski definition) is 4. The minimum absolute atomic E-state index is 0.0416. The molecule has 1 aliphatic rings. The van der Waals surface area contributed by atoms with E-state index in [1.54, 1.807) is 30.3 Å². The highest BCUT2D eigenvalue weighted by Crippen LogP contribution is 2.46. The van der Waals surface area contributed by atoms with Gasteiger partial charge in [-0.25, -0.2) is 14.0 Å². The Morgan fingerprint density at radius 3 is 2.38 bits per heavy atom. The molecule has 4 rings (SSSR count). The first-order valence-electron chi connectivity index (χ1n) is 9.06. The number of carbonyl (C=O) groups excluding carboxylic acids is 2. The Morgan fingerprint density at radius 1 is 1.03 bits per heavy atom. The van der Waals surface area contributed by atoms with Crippen molar-refractivity contribution < 1.29 is 23.5 Å². The summed E-state index contributed by atoms with van der Waals surface area (Å²) in [6, 6.07) is 21.7. The molecule has 0 unspecified atom stereocenters. The molecule has 0 fully saturated rings. The van der Waals surface area contributed by atoms with E-state index in [0.29, 0.717) is 5.56 Å². The van der Waals surface area contributed by atoms with Gasteiger partial charge in [-0.05, 0) is 29.3 Å². The number of fused-ring (bicyclic) bond motifs is 1. The summed E-state index contributed by atoms with van der Waals surface area (Å²) in [7, 11) is 1.45. The standard InChI is InChI=1S/C23H18FNO4/c1-25(22(27)28-15-16-8-4-2-5-9-16)23(17-10-6-3-7-11-17)19-14-18(24)12-13-20(19)29-21(23)26/h2-14H,15H2,1H3/t23-/m1/s1. The Balaban J connectivity index is 1.76. The van der Waals surface area contributed by atoms with Crippen LogP contribution in [0.4, 0.5) is 9.18 Å². The lowest BCUT2D eigenvalue weighted by molar-refractivity contribution is -0.141. The molecule has 3 aromatic rings. The normalized spacial score (nSPS) is 17.4. The van der Waals surface area contributed by atoms with Gasteiger partial charge in [0.2, 0.25) is 0 Å². The van der Waals surface area contributed by atoms with Crippen LogP contribution in [0.3, 0.4) is 0 Å². The van der Waals surface area contributed by atoms with Crippen molar-refractivity contribution in [1.82, 2.24) is 4.90 Å². The van der Waals surface area contributed by atoms with E-state index in [2.05, 4.69) is 0 Å². The molecule has 0 radical (unpaired) electrons. The fourth-order valence-corrected chi connectivity index (χ4v) is 3.57. The van der Waals surface area contributed by atoms with Crippen LogP contribution in [0.1, 0.15) is 16.7 Å². The van der Waals surface area contributed by atoms with E-state index in [9.17, 15) is 14.0 Å². The molecular formula is C23H18FNO4. The summed E-state index contributed by atoms with van der Waals surface area (Å²) < 4.78 is 24.9. The maximum Gasteiger partial charge on any atom is 0.411 e. The molecule has 1 amide bonds. The van der Waals surface area contributed by atoms with E-state index in [4.69, 9.17) is 9.47 Å². The molecule has 5 nitrogen and oxygen atoms in total. The van der Waals surface area contributed by atoms with E-state index < -0.39 is 23.4 Å². The van der Waals surface area contributed by atoms with Gasteiger partial charge in [0.25, 0.3) is 0 Å². The number of amides is 1. The first-order chi connectivity index (χ1) is 14.0. The van der Waals surface area contributed by atoms with Crippen molar-refractivity contribution in [3.05, 3.63) is 101 Å². The quantitative estimate of drug-likeness (QED) is 0.493. The lowest BCUT2D eigenvalue weighted by atomic mass is 9.82.